The molecule has 0 aliphatic heterocycles. The molecule has 0 N–H and O–H groups in total. The maximum atomic E-state index is 5.20. The van der Waals surface area contributed by atoms with Gasteiger partial charge in [0.25, 0.3) is 0 Å². The lowest BCUT2D eigenvalue weighted by Crippen LogP contribution is -1.84. The summed E-state index contributed by atoms with van der Waals surface area (Å²) >= 11 is 1.60. The van der Waals surface area contributed by atoms with Crippen LogP contribution in [0.2, 0.25) is 0 Å². The summed E-state index contributed by atoms with van der Waals surface area (Å²) in [6.45, 7) is 3.84. The maximum Gasteiger partial charge on any atom is 0.144 e. The average molecular weight is 286 g/mol. The highest BCUT2D eigenvalue weighted by molar-refractivity contribution is 7.13. The lowest BCUT2D eigenvalue weighted by molar-refractivity contribution is 0.393. The minimum absolute atomic E-state index is 0.804. The van der Waals surface area contributed by atoms with Crippen molar-refractivity contribution in [3.63, 3.8) is 0 Å². The van der Waals surface area contributed by atoms with Crippen molar-refractivity contribution >= 4 is 11.3 Å². The molecular formula is C15H14N2O2S. The first-order valence-corrected chi connectivity index (χ1v) is 7.10. The van der Waals surface area contributed by atoms with Gasteiger partial charge in [-0.3, -0.25) is 0 Å². The summed E-state index contributed by atoms with van der Waals surface area (Å²) in [6, 6.07) is 7.88. The van der Waals surface area contributed by atoms with Crippen LogP contribution in [0.3, 0.4) is 0 Å². The summed E-state index contributed by atoms with van der Waals surface area (Å²) in [4.78, 5) is 4.68. The Balaban J connectivity index is 1.97. The molecule has 0 saturated heterocycles. The van der Waals surface area contributed by atoms with Gasteiger partial charge in [-0.25, -0.2) is 4.98 Å². The molecule has 0 fully saturated rings. The first kappa shape index (κ1) is 12.9. The molecule has 102 valence electrons. The maximum absolute atomic E-state index is 5.20. The van der Waals surface area contributed by atoms with Crippen LogP contribution in [0.5, 0.6) is 5.75 Å². The van der Waals surface area contributed by atoms with Crippen molar-refractivity contribution in [3.8, 4) is 27.6 Å². The Morgan fingerprint density at radius 1 is 1.15 bits per heavy atom. The molecule has 3 aromatic rings. The fraction of sp³-hybridized carbons (Fsp3) is 0.200. The lowest BCUT2D eigenvalue weighted by Gasteiger charge is -2.00. The zero-order valence-corrected chi connectivity index (χ0v) is 12.3. The number of ether oxygens (including phenoxy) is 1. The summed E-state index contributed by atoms with van der Waals surface area (Å²) < 4.78 is 10.4. The van der Waals surface area contributed by atoms with Crippen LogP contribution in [0.25, 0.3) is 21.8 Å². The van der Waals surface area contributed by atoms with Gasteiger partial charge in [-0.1, -0.05) is 5.16 Å². The van der Waals surface area contributed by atoms with Gasteiger partial charge in [-0.15, -0.1) is 11.3 Å². The predicted octanol–water partition coefficient (Wildman–Crippen LogP) is 4.09. The van der Waals surface area contributed by atoms with Crippen LogP contribution in [0.4, 0.5) is 0 Å². The molecule has 1 aromatic carbocycles. The van der Waals surface area contributed by atoms with Crippen molar-refractivity contribution in [1.82, 2.24) is 10.1 Å². The van der Waals surface area contributed by atoms with E-state index in [-0.39, 0.29) is 0 Å². The van der Waals surface area contributed by atoms with Crippen LogP contribution in [-0.2, 0) is 0 Å². The number of aryl methyl sites for hydroxylation is 2. The van der Waals surface area contributed by atoms with Gasteiger partial charge in [0.1, 0.15) is 16.5 Å². The van der Waals surface area contributed by atoms with Crippen LogP contribution in [0.15, 0.2) is 34.2 Å². The average Bonchev–Trinajstić information content (AvgIpc) is 3.06. The van der Waals surface area contributed by atoms with E-state index in [1.54, 1.807) is 18.4 Å². The van der Waals surface area contributed by atoms with Gasteiger partial charge in [0.05, 0.1) is 24.1 Å². The van der Waals surface area contributed by atoms with E-state index in [1.165, 1.54) is 0 Å². The minimum Gasteiger partial charge on any atom is -0.497 e. The third-order valence-electron chi connectivity index (χ3n) is 3.14. The number of hydrogen-bond donors (Lipinski definition) is 0. The first-order chi connectivity index (χ1) is 9.69. The lowest BCUT2D eigenvalue weighted by atomic mass is 10.1. The second-order valence-corrected chi connectivity index (χ2v) is 5.32. The molecule has 2 heterocycles. The van der Waals surface area contributed by atoms with Crippen LogP contribution in [0, 0.1) is 13.8 Å². The van der Waals surface area contributed by atoms with Crippen LogP contribution >= 0.6 is 11.3 Å². The molecule has 0 bridgehead atoms. The zero-order chi connectivity index (χ0) is 14.1. The summed E-state index contributed by atoms with van der Waals surface area (Å²) in [7, 11) is 1.66. The summed E-state index contributed by atoms with van der Waals surface area (Å²) in [6.07, 6.45) is 0. The molecule has 0 radical (unpaired) electrons. The van der Waals surface area contributed by atoms with E-state index >= 15 is 0 Å². The highest BCUT2D eigenvalue weighted by Crippen LogP contribution is 2.33. The van der Waals surface area contributed by atoms with E-state index < -0.39 is 0 Å². The molecule has 5 heteroatoms. The van der Waals surface area contributed by atoms with Crippen molar-refractivity contribution < 1.29 is 9.26 Å². The Kier molecular flexibility index (Phi) is 3.28. The van der Waals surface area contributed by atoms with E-state index in [0.717, 1.165) is 39.0 Å². The molecule has 2 aromatic heterocycles. The largest absolute Gasteiger partial charge is 0.497 e. The van der Waals surface area contributed by atoms with Crippen molar-refractivity contribution in [3.05, 3.63) is 41.1 Å². The second-order valence-electron chi connectivity index (χ2n) is 4.47. The number of rotatable bonds is 3. The minimum atomic E-state index is 0.804. The topological polar surface area (TPSA) is 48.2 Å². The van der Waals surface area contributed by atoms with Gasteiger partial charge in [0.15, 0.2) is 0 Å². The van der Waals surface area contributed by atoms with Crippen molar-refractivity contribution in [2.24, 2.45) is 0 Å². The molecule has 3 rings (SSSR count). The Morgan fingerprint density at radius 3 is 2.50 bits per heavy atom. The smallest absolute Gasteiger partial charge is 0.144 e. The van der Waals surface area contributed by atoms with Crippen LogP contribution in [0.1, 0.15) is 11.5 Å². The Morgan fingerprint density at radius 2 is 1.90 bits per heavy atom. The summed E-state index contributed by atoms with van der Waals surface area (Å²) in [5, 5.41) is 6.95. The number of benzene rings is 1. The van der Waals surface area contributed by atoms with Crippen molar-refractivity contribution in [1.29, 1.82) is 0 Å². The molecule has 20 heavy (non-hydrogen) atoms. The molecular weight excluding hydrogens is 272 g/mol. The normalized spacial score (nSPS) is 10.8. The fourth-order valence-electron chi connectivity index (χ4n) is 2.07. The number of aromatic nitrogens is 2. The third kappa shape index (κ3) is 2.20. The molecule has 0 saturated carbocycles. The van der Waals surface area contributed by atoms with E-state index in [1.807, 2.05) is 43.5 Å². The van der Waals surface area contributed by atoms with Gasteiger partial charge in [0.2, 0.25) is 0 Å². The quantitative estimate of drug-likeness (QED) is 0.727. The predicted molar refractivity (Wildman–Crippen MR) is 79.1 cm³/mol. The third-order valence-corrected chi connectivity index (χ3v) is 4.00. The fourth-order valence-corrected chi connectivity index (χ4v) is 3.04. The summed E-state index contributed by atoms with van der Waals surface area (Å²) in [5.41, 5.74) is 3.89. The van der Waals surface area contributed by atoms with E-state index in [4.69, 9.17) is 9.26 Å². The first-order valence-electron chi connectivity index (χ1n) is 6.22. The van der Waals surface area contributed by atoms with E-state index in [9.17, 15) is 0 Å². The van der Waals surface area contributed by atoms with Gasteiger partial charge in [-0.05, 0) is 38.1 Å². The molecule has 0 unspecified atom stereocenters. The number of nitrogens with zero attached hydrogens (tertiary/aromatic N) is 2. The number of hydrogen-bond acceptors (Lipinski definition) is 5. The standard InChI is InChI=1S/C15H14N2O2S/c1-9-14(10(2)19-17-9)15-16-13(8-20-15)11-4-6-12(18-3)7-5-11/h4-8H,1-3H3. The van der Waals surface area contributed by atoms with E-state index in [2.05, 4.69) is 10.1 Å². The van der Waals surface area contributed by atoms with Gasteiger partial charge in [-0.2, -0.15) is 0 Å². The van der Waals surface area contributed by atoms with Gasteiger partial charge >= 0.3 is 0 Å². The Labute approximate surface area is 121 Å². The van der Waals surface area contributed by atoms with Gasteiger partial charge in [0, 0.05) is 10.9 Å². The number of methoxy groups -OCH3 is 1. The molecule has 0 amide bonds. The highest BCUT2D eigenvalue weighted by atomic mass is 32.1. The molecule has 4 nitrogen and oxygen atoms in total. The van der Waals surface area contributed by atoms with Crippen molar-refractivity contribution in [2.45, 2.75) is 13.8 Å². The van der Waals surface area contributed by atoms with Gasteiger partial charge < -0.3 is 9.26 Å². The zero-order valence-electron chi connectivity index (χ0n) is 11.5. The van der Waals surface area contributed by atoms with Crippen LogP contribution in [-0.4, -0.2) is 17.3 Å². The SMILES string of the molecule is COc1ccc(-c2csc(-c3c(C)noc3C)n2)cc1. The van der Waals surface area contributed by atoms with Crippen molar-refractivity contribution in [2.75, 3.05) is 7.11 Å². The van der Waals surface area contributed by atoms with Crippen LogP contribution < -0.4 is 4.74 Å². The molecule has 0 aliphatic carbocycles. The molecule has 0 spiro atoms. The second kappa shape index (κ2) is 5.09. The summed E-state index contributed by atoms with van der Waals surface area (Å²) in [5.74, 6) is 1.65. The molecule has 0 aliphatic rings. The van der Waals surface area contributed by atoms with E-state index in [0.29, 0.717) is 0 Å². The Bertz CT molecular complexity index is 709. The number of thiazole rings is 1. The Hall–Kier alpha value is -2.14. The molecule has 0 atom stereocenters. The highest BCUT2D eigenvalue weighted by Gasteiger charge is 2.15. The monoisotopic (exact) mass is 286 g/mol.